The zero-order chi connectivity index (χ0) is 16.2. The third-order valence-corrected chi connectivity index (χ3v) is 3.71. The number of fused-ring (bicyclic) bond motifs is 1. The number of thiocarbonyl (C=S) groups is 1. The lowest BCUT2D eigenvalue weighted by atomic mass is 10.2. The second-order valence-corrected chi connectivity index (χ2v) is 5.68. The smallest absolute Gasteiger partial charge is 0.175 e. The zero-order valence-electron chi connectivity index (χ0n) is 12.3. The average molecular weight is 344 g/mol. The number of methoxy groups -OCH3 is 1. The quantitative estimate of drug-likeness (QED) is 0.675. The fraction of sp³-hybridized carbons (Fsp3) is 0.0588. The summed E-state index contributed by atoms with van der Waals surface area (Å²) < 4.78 is 5.29. The summed E-state index contributed by atoms with van der Waals surface area (Å²) in [4.78, 5) is 4.29. The molecule has 6 heteroatoms. The highest BCUT2D eigenvalue weighted by atomic mass is 35.5. The number of halogens is 1. The van der Waals surface area contributed by atoms with Crippen molar-refractivity contribution in [2.45, 2.75) is 0 Å². The molecule has 0 fully saturated rings. The predicted octanol–water partition coefficient (Wildman–Crippen LogP) is 4.71. The molecular weight excluding hydrogens is 330 g/mol. The van der Waals surface area contributed by atoms with Gasteiger partial charge in [0.2, 0.25) is 0 Å². The van der Waals surface area contributed by atoms with Crippen molar-refractivity contribution in [3.63, 3.8) is 0 Å². The molecular formula is C17H14ClN3OS. The van der Waals surface area contributed by atoms with E-state index in [1.165, 1.54) is 0 Å². The Balaban J connectivity index is 1.77. The summed E-state index contributed by atoms with van der Waals surface area (Å²) in [5, 5.41) is 8.34. The third kappa shape index (κ3) is 3.70. The number of pyridine rings is 1. The number of ether oxygens (including phenoxy) is 1. The highest BCUT2D eigenvalue weighted by Crippen LogP contribution is 2.28. The molecule has 3 rings (SSSR count). The number of anilines is 2. The molecule has 0 atom stereocenters. The van der Waals surface area contributed by atoms with Crippen LogP contribution in [0.1, 0.15) is 0 Å². The van der Waals surface area contributed by atoms with E-state index in [1.54, 1.807) is 31.5 Å². The molecule has 2 aromatic carbocycles. The van der Waals surface area contributed by atoms with Crippen LogP contribution in [0, 0.1) is 0 Å². The second kappa shape index (κ2) is 6.81. The Morgan fingerprint density at radius 2 is 2.00 bits per heavy atom. The van der Waals surface area contributed by atoms with Crippen LogP contribution in [0.5, 0.6) is 5.75 Å². The Morgan fingerprint density at radius 1 is 1.13 bits per heavy atom. The number of aromatic nitrogens is 1. The molecule has 0 aliphatic heterocycles. The Hall–Kier alpha value is -2.37. The van der Waals surface area contributed by atoms with Gasteiger partial charge in [0.25, 0.3) is 0 Å². The van der Waals surface area contributed by atoms with Crippen LogP contribution in [-0.2, 0) is 0 Å². The van der Waals surface area contributed by atoms with Crippen LogP contribution in [0.2, 0.25) is 5.02 Å². The highest BCUT2D eigenvalue weighted by molar-refractivity contribution is 7.80. The second-order valence-electron chi connectivity index (χ2n) is 4.83. The Morgan fingerprint density at radius 3 is 2.83 bits per heavy atom. The summed E-state index contributed by atoms with van der Waals surface area (Å²) in [6, 6.07) is 15.1. The first-order valence-electron chi connectivity index (χ1n) is 6.92. The van der Waals surface area contributed by atoms with Gasteiger partial charge in [-0.3, -0.25) is 4.98 Å². The minimum atomic E-state index is 0.453. The molecule has 0 aliphatic carbocycles. The largest absolute Gasteiger partial charge is 0.495 e. The van der Waals surface area contributed by atoms with Crippen molar-refractivity contribution in [3.05, 3.63) is 59.8 Å². The fourth-order valence-electron chi connectivity index (χ4n) is 2.22. The van der Waals surface area contributed by atoms with E-state index in [0.29, 0.717) is 21.6 Å². The van der Waals surface area contributed by atoms with Gasteiger partial charge in [-0.2, -0.15) is 0 Å². The van der Waals surface area contributed by atoms with E-state index in [0.717, 1.165) is 16.6 Å². The minimum absolute atomic E-state index is 0.453. The van der Waals surface area contributed by atoms with E-state index in [2.05, 4.69) is 15.6 Å². The van der Waals surface area contributed by atoms with Crippen molar-refractivity contribution in [1.29, 1.82) is 0 Å². The zero-order valence-corrected chi connectivity index (χ0v) is 13.9. The van der Waals surface area contributed by atoms with Crippen LogP contribution in [0.15, 0.2) is 54.7 Å². The van der Waals surface area contributed by atoms with Gasteiger partial charge in [-0.15, -0.1) is 0 Å². The van der Waals surface area contributed by atoms with Crippen molar-refractivity contribution < 1.29 is 4.74 Å². The minimum Gasteiger partial charge on any atom is -0.495 e. The topological polar surface area (TPSA) is 46.2 Å². The van der Waals surface area contributed by atoms with Gasteiger partial charge in [0.15, 0.2) is 5.11 Å². The molecule has 4 nitrogen and oxygen atoms in total. The predicted molar refractivity (Wildman–Crippen MR) is 99.6 cm³/mol. The first-order valence-corrected chi connectivity index (χ1v) is 7.70. The summed E-state index contributed by atoms with van der Waals surface area (Å²) in [5.41, 5.74) is 2.53. The molecule has 2 N–H and O–H groups in total. The summed E-state index contributed by atoms with van der Waals surface area (Å²) in [6.45, 7) is 0. The molecule has 0 spiro atoms. The van der Waals surface area contributed by atoms with E-state index in [-0.39, 0.29) is 0 Å². The van der Waals surface area contributed by atoms with Crippen LogP contribution < -0.4 is 15.4 Å². The molecule has 3 aromatic rings. The fourth-order valence-corrected chi connectivity index (χ4v) is 2.62. The lowest BCUT2D eigenvalue weighted by molar-refractivity contribution is 0.417. The SMILES string of the molecule is COc1ccc(Cl)cc1NC(=S)Nc1ccc2ncccc2c1. The average Bonchev–Trinajstić information content (AvgIpc) is 2.55. The molecule has 0 bridgehead atoms. The highest BCUT2D eigenvalue weighted by Gasteiger charge is 2.06. The number of rotatable bonds is 3. The van der Waals surface area contributed by atoms with E-state index in [1.807, 2.05) is 30.3 Å². The van der Waals surface area contributed by atoms with Gasteiger partial charge in [-0.05, 0) is 54.7 Å². The number of hydrogen-bond donors (Lipinski definition) is 2. The monoisotopic (exact) mass is 343 g/mol. The first kappa shape index (κ1) is 15.5. The van der Waals surface area contributed by atoms with Gasteiger partial charge < -0.3 is 15.4 Å². The summed E-state index contributed by atoms with van der Waals surface area (Å²) >= 11 is 11.4. The lowest BCUT2D eigenvalue weighted by Crippen LogP contribution is -2.19. The first-order chi connectivity index (χ1) is 11.2. The Kier molecular flexibility index (Phi) is 4.60. The normalized spacial score (nSPS) is 10.3. The van der Waals surface area contributed by atoms with Crippen LogP contribution in [-0.4, -0.2) is 17.2 Å². The molecule has 1 aromatic heterocycles. The summed E-state index contributed by atoms with van der Waals surface area (Å²) in [5.74, 6) is 0.668. The maximum absolute atomic E-state index is 6.02. The number of hydrogen-bond acceptors (Lipinski definition) is 3. The molecule has 0 unspecified atom stereocenters. The molecule has 0 aliphatic rings. The third-order valence-electron chi connectivity index (χ3n) is 3.27. The molecule has 23 heavy (non-hydrogen) atoms. The molecule has 116 valence electrons. The Labute approximate surface area is 144 Å². The lowest BCUT2D eigenvalue weighted by Gasteiger charge is -2.14. The molecule has 0 saturated heterocycles. The van der Waals surface area contributed by atoms with Gasteiger partial charge >= 0.3 is 0 Å². The van der Waals surface area contributed by atoms with Crippen LogP contribution in [0.4, 0.5) is 11.4 Å². The molecule has 0 radical (unpaired) electrons. The van der Waals surface area contributed by atoms with Crippen molar-refractivity contribution in [1.82, 2.24) is 4.98 Å². The van der Waals surface area contributed by atoms with Crippen molar-refractivity contribution in [2.24, 2.45) is 0 Å². The number of nitrogens with zero attached hydrogens (tertiary/aromatic N) is 1. The van der Waals surface area contributed by atoms with Crippen molar-refractivity contribution in [2.75, 3.05) is 17.7 Å². The Bertz CT molecular complexity index is 869. The van der Waals surface area contributed by atoms with Gasteiger partial charge in [0, 0.05) is 22.3 Å². The molecule has 1 heterocycles. The maximum Gasteiger partial charge on any atom is 0.175 e. The van der Waals surface area contributed by atoms with Crippen LogP contribution >= 0.6 is 23.8 Å². The molecule has 0 saturated carbocycles. The van der Waals surface area contributed by atoms with Crippen molar-refractivity contribution in [3.8, 4) is 5.75 Å². The van der Waals surface area contributed by atoms with E-state index < -0.39 is 0 Å². The van der Waals surface area contributed by atoms with Gasteiger partial charge in [-0.1, -0.05) is 17.7 Å². The van der Waals surface area contributed by atoms with E-state index in [9.17, 15) is 0 Å². The summed E-state index contributed by atoms with van der Waals surface area (Å²) in [6.07, 6.45) is 1.77. The van der Waals surface area contributed by atoms with Gasteiger partial charge in [-0.25, -0.2) is 0 Å². The summed E-state index contributed by atoms with van der Waals surface area (Å²) in [7, 11) is 1.60. The van der Waals surface area contributed by atoms with Gasteiger partial charge in [0.1, 0.15) is 5.75 Å². The standard InChI is InChI=1S/C17H14ClN3OS/c1-22-16-7-4-12(18)10-15(16)21-17(23)20-13-5-6-14-11(9-13)3-2-8-19-14/h2-10H,1H3,(H2,20,21,23). The van der Waals surface area contributed by atoms with Gasteiger partial charge in [0.05, 0.1) is 18.3 Å². The van der Waals surface area contributed by atoms with E-state index >= 15 is 0 Å². The van der Waals surface area contributed by atoms with Crippen LogP contribution in [0.25, 0.3) is 10.9 Å². The number of benzene rings is 2. The number of nitrogens with one attached hydrogen (secondary N) is 2. The molecule has 0 amide bonds. The maximum atomic E-state index is 6.02. The van der Waals surface area contributed by atoms with Crippen LogP contribution in [0.3, 0.4) is 0 Å². The van der Waals surface area contributed by atoms with E-state index in [4.69, 9.17) is 28.6 Å². The van der Waals surface area contributed by atoms with Crippen molar-refractivity contribution >= 4 is 51.2 Å².